The van der Waals surface area contributed by atoms with Crippen molar-refractivity contribution in [1.29, 1.82) is 0 Å². The van der Waals surface area contributed by atoms with E-state index in [9.17, 15) is 0 Å². The van der Waals surface area contributed by atoms with Gasteiger partial charge in [0.15, 0.2) is 11.5 Å². The lowest BCUT2D eigenvalue weighted by Crippen LogP contribution is -2.00. The second-order valence-electron chi connectivity index (χ2n) is 7.88. The van der Waals surface area contributed by atoms with Crippen LogP contribution in [0.4, 0.5) is 0 Å². The summed E-state index contributed by atoms with van der Waals surface area (Å²) < 4.78 is 11.7. The second-order valence-corrected chi connectivity index (χ2v) is 7.88. The Morgan fingerprint density at radius 2 is 1.50 bits per heavy atom. The normalized spacial score (nSPS) is 11.1. The van der Waals surface area contributed by atoms with Crippen LogP contribution in [-0.2, 0) is 6.42 Å². The minimum atomic E-state index is 0.597. The number of H-pyrrole nitrogens is 1. The summed E-state index contributed by atoms with van der Waals surface area (Å²) in [6.07, 6.45) is 3.04. The number of rotatable bonds is 10. The van der Waals surface area contributed by atoms with Crippen molar-refractivity contribution in [3.8, 4) is 33.9 Å². The number of benzene rings is 3. The fraction of sp³-hybridized carbons (Fsp3) is 0.286. The molecule has 0 unspecified atom stereocenters. The van der Waals surface area contributed by atoms with Gasteiger partial charge in [-0.2, -0.15) is 0 Å². The molecule has 32 heavy (non-hydrogen) atoms. The molecule has 1 aromatic heterocycles. The van der Waals surface area contributed by atoms with Crippen molar-refractivity contribution < 1.29 is 9.47 Å². The molecule has 166 valence electrons. The highest BCUT2D eigenvalue weighted by Gasteiger charge is 2.16. The van der Waals surface area contributed by atoms with E-state index in [-0.39, 0.29) is 0 Å². The summed E-state index contributed by atoms with van der Waals surface area (Å²) in [5, 5.41) is 1.27. The van der Waals surface area contributed by atoms with E-state index in [0.717, 1.165) is 47.5 Å². The maximum atomic E-state index is 5.89. The molecule has 0 amide bonds. The third kappa shape index (κ3) is 4.66. The number of aryl methyl sites for hydroxylation is 1. The van der Waals surface area contributed by atoms with Crippen LogP contribution in [0.5, 0.6) is 11.5 Å². The van der Waals surface area contributed by atoms with Gasteiger partial charge in [-0.1, -0.05) is 36.4 Å². The van der Waals surface area contributed by atoms with Crippen LogP contribution in [0, 0.1) is 0 Å². The van der Waals surface area contributed by atoms with Gasteiger partial charge in [-0.15, -0.1) is 0 Å². The van der Waals surface area contributed by atoms with E-state index in [4.69, 9.17) is 15.2 Å². The summed E-state index contributed by atoms with van der Waals surface area (Å²) in [5.74, 6) is 1.56. The standard InChI is InChI=1S/C28H32N2O2/c1-3-31-26-16-14-22(19-27(26)32-4-2)28-23(12-8-9-17-29)24-18-21(13-15-25(24)30-28)20-10-6-5-7-11-20/h5-7,10-11,13-16,18-19,30H,3-4,8-9,12,17,29H2,1-2H3. The van der Waals surface area contributed by atoms with Gasteiger partial charge in [0.1, 0.15) is 0 Å². The van der Waals surface area contributed by atoms with E-state index in [1.807, 2.05) is 19.9 Å². The first-order valence-corrected chi connectivity index (χ1v) is 11.5. The predicted molar refractivity (Wildman–Crippen MR) is 134 cm³/mol. The van der Waals surface area contributed by atoms with Gasteiger partial charge in [0.25, 0.3) is 0 Å². The Bertz CT molecular complexity index is 1160. The van der Waals surface area contributed by atoms with Gasteiger partial charge in [0.05, 0.1) is 13.2 Å². The molecule has 0 radical (unpaired) electrons. The molecule has 3 N–H and O–H groups in total. The highest BCUT2D eigenvalue weighted by atomic mass is 16.5. The zero-order valence-corrected chi connectivity index (χ0v) is 19.0. The summed E-state index contributed by atoms with van der Waals surface area (Å²) in [7, 11) is 0. The van der Waals surface area contributed by atoms with Crippen LogP contribution < -0.4 is 15.2 Å². The van der Waals surface area contributed by atoms with Gasteiger partial charge in [-0.3, -0.25) is 0 Å². The number of hydrogen-bond donors (Lipinski definition) is 2. The average molecular weight is 429 g/mol. The van der Waals surface area contributed by atoms with E-state index in [2.05, 4.69) is 65.6 Å². The SMILES string of the molecule is CCOc1ccc(-c2[nH]c3ccc(-c4ccccc4)cc3c2CCCCN)cc1OCC. The molecular weight excluding hydrogens is 396 g/mol. The molecule has 4 nitrogen and oxygen atoms in total. The molecule has 0 aliphatic heterocycles. The first kappa shape index (κ1) is 22.0. The van der Waals surface area contributed by atoms with Crippen LogP contribution in [0.25, 0.3) is 33.3 Å². The fourth-order valence-electron chi connectivity index (χ4n) is 4.22. The van der Waals surface area contributed by atoms with Crippen LogP contribution >= 0.6 is 0 Å². The second kappa shape index (κ2) is 10.4. The topological polar surface area (TPSA) is 60.3 Å². The number of unbranched alkanes of at least 4 members (excludes halogenated alkanes) is 1. The first-order chi connectivity index (χ1) is 15.7. The lowest BCUT2D eigenvalue weighted by molar-refractivity contribution is 0.288. The number of fused-ring (bicyclic) bond motifs is 1. The van der Waals surface area contributed by atoms with Crippen molar-refractivity contribution in [3.05, 3.63) is 72.3 Å². The number of nitrogens with one attached hydrogen (secondary N) is 1. The molecule has 0 saturated carbocycles. The number of nitrogens with two attached hydrogens (primary N) is 1. The molecular formula is C28H32N2O2. The van der Waals surface area contributed by atoms with Crippen LogP contribution in [-0.4, -0.2) is 24.7 Å². The van der Waals surface area contributed by atoms with Crippen LogP contribution in [0.2, 0.25) is 0 Å². The maximum absolute atomic E-state index is 5.89. The summed E-state index contributed by atoms with van der Waals surface area (Å²) in [5.41, 5.74) is 13.0. The number of aromatic amines is 1. The maximum Gasteiger partial charge on any atom is 0.161 e. The van der Waals surface area contributed by atoms with Crippen molar-refractivity contribution >= 4 is 10.9 Å². The molecule has 0 spiro atoms. The van der Waals surface area contributed by atoms with Gasteiger partial charge in [-0.25, -0.2) is 0 Å². The highest BCUT2D eigenvalue weighted by molar-refractivity contribution is 5.94. The molecule has 0 bridgehead atoms. The minimum Gasteiger partial charge on any atom is -0.490 e. The Balaban J connectivity index is 1.82. The van der Waals surface area contributed by atoms with Crippen molar-refractivity contribution in [2.75, 3.05) is 19.8 Å². The van der Waals surface area contributed by atoms with Crippen molar-refractivity contribution in [1.82, 2.24) is 4.98 Å². The molecule has 3 aromatic carbocycles. The molecule has 4 heteroatoms. The van der Waals surface area contributed by atoms with Crippen molar-refractivity contribution in [2.45, 2.75) is 33.1 Å². The number of ether oxygens (including phenoxy) is 2. The van der Waals surface area contributed by atoms with Gasteiger partial charge in [0, 0.05) is 22.2 Å². The predicted octanol–water partition coefficient (Wildman–Crippen LogP) is 6.58. The largest absolute Gasteiger partial charge is 0.490 e. The zero-order chi connectivity index (χ0) is 22.3. The molecule has 0 saturated heterocycles. The van der Waals surface area contributed by atoms with Crippen LogP contribution in [0.1, 0.15) is 32.3 Å². The van der Waals surface area contributed by atoms with Gasteiger partial charge >= 0.3 is 0 Å². The average Bonchev–Trinajstić information content (AvgIpc) is 3.19. The first-order valence-electron chi connectivity index (χ1n) is 11.5. The van der Waals surface area contributed by atoms with Crippen LogP contribution in [0.3, 0.4) is 0 Å². The summed E-state index contributed by atoms with van der Waals surface area (Å²) in [6, 6.07) is 23.4. The Hall–Kier alpha value is -3.24. The molecule has 0 aliphatic carbocycles. The smallest absolute Gasteiger partial charge is 0.161 e. The van der Waals surface area contributed by atoms with E-state index in [1.165, 1.54) is 22.1 Å². The van der Waals surface area contributed by atoms with Gasteiger partial charge in [0.2, 0.25) is 0 Å². The van der Waals surface area contributed by atoms with Crippen molar-refractivity contribution in [2.24, 2.45) is 5.73 Å². The zero-order valence-electron chi connectivity index (χ0n) is 19.0. The molecule has 0 aliphatic rings. The van der Waals surface area contributed by atoms with E-state index >= 15 is 0 Å². The van der Waals surface area contributed by atoms with E-state index in [0.29, 0.717) is 19.8 Å². The third-order valence-electron chi connectivity index (χ3n) is 5.73. The van der Waals surface area contributed by atoms with Gasteiger partial charge in [-0.05, 0) is 86.7 Å². The summed E-state index contributed by atoms with van der Waals surface area (Å²) in [6.45, 7) is 5.90. The van der Waals surface area contributed by atoms with Crippen LogP contribution in [0.15, 0.2) is 66.7 Å². The Labute approximate surface area is 190 Å². The van der Waals surface area contributed by atoms with E-state index in [1.54, 1.807) is 0 Å². The molecule has 4 rings (SSSR count). The number of hydrogen-bond acceptors (Lipinski definition) is 3. The summed E-state index contributed by atoms with van der Waals surface area (Å²) in [4.78, 5) is 3.68. The highest BCUT2D eigenvalue weighted by Crippen LogP contribution is 2.38. The molecule has 4 aromatic rings. The van der Waals surface area contributed by atoms with E-state index < -0.39 is 0 Å². The fourth-order valence-corrected chi connectivity index (χ4v) is 4.22. The van der Waals surface area contributed by atoms with Crippen molar-refractivity contribution in [3.63, 3.8) is 0 Å². The Morgan fingerprint density at radius 1 is 0.750 bits per heavy atom. The minimum absolute atomic E-state index is 0.597. The third-order valence-corrected chi connectivity index (χ3v) is 5.73. The monoisotopic (exact) mass is 428 g/mol. The molecule has 0 fully saturated rings. The summed E-state index contributed by atoms with van der Waals surface area (Å²) >= 11 is 0. The Kier molecular flexibility index (Phi) is 7.13. The molecule has 1 heterocycles. The van der Waals surface area contributed by atoms with Gasteiger partial charge < -0.3 is 20.2 Å². The lowest BCUT2D eigenvalue weighted by atomic mass is 9.97. The molecule has 0 atom stereocenters. The lowest BCUT2D eigenvalue weighted by Gasteiger charge is -2.13. The number of aromatic nitrogens is 1. The quantitative estimate of drug-likeness (QED) is 0.280. The Morgan fingerprint density at radius 3 is 2.25 bits per heavy atom.